The number of aromatic nitrogens is 2. The SMILES string of the molecule is CC(C)C(CO)Cc1nccc(Nc2cccc3c2CN(C2CCC(=O)NC2=O)C3=O)n1. The van der Waals surface area contributed by atoms with E-state index in [0.29, 0.717) is 36.0 Å². The van der Waals surface area contributed by atoms with Gasteiger partial charge in [0, 0.05) is 49.0 Å². The normalized spacial score (nSPS) is 19.2. The van der Waals surface area contributed by atoms with E-state index in [2.05, 4.69) is 34.4 Å². The van der Waals surface area contributed by atoms with Crippen molar-refractivity contribution in [2.45, 2.75) is 45.7 Å². The molecule has 1 aromatic carbocycles. The summed E-state index contributed by atoms with van der Waals surface area (Å²) in [6.07, 6.45) is 2.78. The minimum atomic E-state index is -0.655. The Labute approximate surface area is 186 Å². The lowest BCUT2D eigenvalue weighted by molar-refractivity contribution is -0.136. The van der Waals surface area contributed by atoms with Crippen LogP contribution in [0.25, 0.3) is 0 Å². The summed E-state index contributed by atoms with van der Waals surface area (Å²) in [5.74, 6) is 0.656. The van der Waals surface area contributed by atoms with E-state index in [9.17, 15) is 19.5 Å². The van der Waals surface area contributed by atoms with Gasteiger partial charge in [-0.25, -0.2) is 9.97 Å². The summed E-state index contributed by atoms with van der Waals surface area (Å²) in [6.45, 7) is 4.47. The average molecular weight is 438 g/mol. The van der Waals surface area contributed by atoms with Gasteiger partial charge in [-0.15, -0.1) is 0 Å². The van der Waals surface area contributed by atoms with E-state index in [0.717, 1.165) is 11.3 Å². The molecule has 1 aromatic heterocycles. The second kappa shape index (κ2) is 9.04. The van der Waals surface area contributed by atoms with Crippen LogP contribution in [0, 0.1) is 11.8 Å². The van der Waals surface area contributed by atoms with Gasteiger partial charge in [-0.1, -0.05) is 19.9 Å². The standard InChI is InChI=1S/C23H27N5O4/c1-13(2)14(12-29)10-20-24-9-8-19(26-20)25-17-5-3-4-15-16(17)11-28(23(15)32)18-6-7-21(30)27-22(18)31/h3-5,8-9,13-14,18,29H,6-7,10-12H2,1-2H3,(H,24,25,26)(H,27,30,31). The molecule has 2 aliphatic heterocycles. The number of anilines is 2. The molecule has 9 nitrogen and oxygen atoms in total. The fourth-order valence-electron chi connectivity index (χ4n) is 4.15. The van der Waals surface area contributed by atoms with E-state index in [1.165, 1.54) is 4.90 Å². The van der Waals surface area contributed by atoms with E-state index >= 15 is 0 Å². The number of benzene rings is 1. The van der Waals surface area contributed by atoms with Gasteiger partial charge < -0.3 is 15.3 Å². The van der Waals surface area contributed by atoms with Crippen LogP contribution in [0.15, 0.2) is 30.5 Å². The van der Waals surface area contributed by atoms with Crippen LogP contribution < -0.4 is 10.6 Å². The highest BCUT2D eigenvalue weighted by molar-refractivity contribution is 6.06. The number of aliphatic hydroxyl groups excluding tert-OH is 1. The number of hydrogen-bond acceptors (Lipinski definition) is 7. The van der Waals surface area contributed by atoms with Gasteiger partial charge >= 0.3 is 0 Å². The van der Waals surface area contributed by atoms with E-state index in [4.69, 9.17) is 0 Å². The predicted molar refractivity (Wildman–Crippen MR) is 117 cm³/mol. The molecular formula is C23H27N5O4. The first-order valence-electron chi connectivity index (χ1n) is 10.8. The van der Waals surface area contributed by atoms with E-state index in [1.807, 2.05) is 6.07 Å². The van der Waals surface area contributed by atoms with Crippen molar-refractivity contribution in [1.82, 2.24) is 20.2 Å². The van der Waals surface area contributed by atoms with Crippen molar-refractivity contribution in [3.05, 3.63) is 47.4 Å². The molecule has 0 spiro atoms. The highest BCUT2D eigenvalue weighted by Gasteiger charge is 2.39. The number of nitrogens with zero attached hydrogens (tertiary/aromatic N) is 3. The van der Waals surface area contributed by atoms with Crippen molar-refractivity contribution in [1.29, 1.82) is 0 Å². The quantitative estimate of drug-likeness (QED) is 0.564. The first kappa shape index (κ1) is 21.9. The zero-order valence-electron chi connectivity index (χ0n) is 18.2. The number of amides is 3. The molecule has 32 heavy (non-hydrogen) atoms. The van der Waals surface area contributed by atoms with Gasteiger partial charge in [-0.05, 0) is 36.5 Å². The largest absolute Gasteiger partial charge is 0.396 e. The van der Waals surface area contributed by atoms with Gasteiger partial charge in [0.05, 0.1) is 0 Å². The number of fused-ring (bicyclic) bond motifs is 1. The van der Waals surface area contributed by atoms with Crippen LogP contribution in [-0.4, -0.2) is 50.3 Å². The fraction of sp³-hybridized carbons (Fsp3) is 0.435. The molecule has 0 saturated carbocycles. The van der Waals surface area contributed by atoms with Crippen molar-refractivity contribution in [2.75, 3.05) is 11.9 Å². The summed E-state index contributed by atoms with van der Waals surface area (Å²) in [7, 11) is 0. The molecule has 0 radical (unpaired) electrons. The Kier molecular flexibility index (Phi) is 6.18. The van der Waals surface area contributed by atoms with E-state index < -0.39 is 11.9 Å². The molecule has 4 rings (SSSR count). The van der Waals surface area contributed by atoms with Crippen molar-refractivity contribution < 1.29 is 19.5 Å². The van der Waals surface area contributed by atoms with Crippen molar-refractivity contribution in [2.24, 2.45) is 11.8 Å². The first-order chi connectivity index (χ1) is 15.4. The Bertz CT molecular complexity index is 1050. The van der Waals surface area contributed by atoms with Gasteiger partial charge in [-0.3, -0.25) is 19.7 Å². The lowest BCUT2D eigenvalue weighted by atomic mass is 9.93. The number of nitrogens with one attached hydrogen (secondary N) is 2. The van der Waals surface area contributed by atoms with Gasteiger partial charge in [-0.2, -0.15) is 0 Å². The maximum atomic E-state index is 13.0. The second-order valence-corrected chi connectivity index (χ2v) is 8.61. The summed E-state index contributed by atoms with van der Waals surface area (Å²) in [5.41, 5.74) is 2.06. The van der Waals surface area contributed by atoms with Crippen LogP contribution in [0.5, 0.6) is 0 Å². The Balaban J connectivity index is 1.54. The van der Waals surface area contributed by atoms with Crippen molar-refractivity contribution in [3.8, 4) is 0 Å². The zero-order valence-corrected chi connectivity index (χ0v) is 18.2. The summed E-state index contributed by atoms with van der Waals surface area (Å²) in [6, 6.07) is 6.50. The monoisotopic (exact) mass is 437 g/mol. The number of aliphatic hydroxyl groups is 1. The minimum Gasteiger partial charge on any atom is -0.396 e. The molecule has 2 atom stereocenters. The van der Waals surface area contributed by atoms with Crippen LogP contribution >= 0.6 is 0 Å². The van der Waals surface area contributed by atoms with Gasteiger partial charge in [0.15, 0.2) is 0 Å². The Morgan fingerprint density at radius 3 is 2.78 bits per heavy atom. The molecule has 2 aromatic rings. The topological polar surface area (TPSA) is 125 Å². The summed E-state index contributed by atoms with van der Waals surface area (Å²) >= 11 is 0. The highest BCUT2D eigenvalue weighted by atomic mass is 16.3. The molecule has 0 bridgehead atoms. The minimum absolute atomic E-state index is 0.0726. The summed E-state index contributed by atoms with van der Waals surface area (Å²) in [5, 5.41) is 15.2. The predicted octanol–water partition coefficient (Wildman–Crippen LogP) is 1.79. The summed E-state index contributed by atoms with van der Waals surface area (Å²) < 4.78 is 0. The van der Waals surface area contributed by atoms with Crippen molar-refractivity contribution in [3.63, 3.8) is 0 Å². The smallest absolute Gasteiger partial charge is 0.255 e. The number of hydrogen-bond donors (Lipinski definition) is 3. The average Bonchev–Trinajstić information content (AvgIpc) is 3.09. The third-order valence-electron chi connectivity index (χ3n) is 6.17. The Morgan fingerprint density at radius 1 is 1.25 bits per heavy atom. The molecule has 9 heteroatoms. The molecule has 3 heterocycles. The van der Waals surface area contributed by atoms with Crippen LogP contribution in [0.2, 0.25) is 0 Å². The van der Waals surface area contributed by atoms with Crippen molar-refractivity contribution >= 4 is 29.2 Å². The van der Waals surface area contributed by atoms with E-state index in [-0.39, 0.29) is 37.3 Å². The number of rotatable bonds is 7. The highest BCUT2D eigenvalue weighted by Crippen LogP contribution is 2.33. The van der Waals surface area contributed by atoms with Gasteiger partial charge in [0.25, 0.3) is 5.91 Å². The maximum absolute atomic E-state index is 13.0. The Morgan fingerprint density at radius 2 is 2.06 bits per heavy atom. The molecule has 1 saturated heterocycles. The van der Waals surface area contributed by atoms with Crippen LogP contribution in [0.3, 0.4) is 0 Å². The molecular weight excluding hydrogens is 410 g/mol. The maximum Gasteiger partial charge on any atom is 0.255 e. The van der Waals surface area contributed by atoms with E-state index in [1.54, 1.807) is 24.4 Å². The molecule has 3 amide bonds. The first-order valence-corrected chi connectivity index (χ1v) is 10.8. The zero-order chi connectivity index (χ0) is 22.8. The lowest BCUT2D eigenvalue weighted by Crippen LogP contribution is -2.52. The van der Waals surface area contributed by atoms with Gasteiger partial charge in [0.1, 0.15) is 17.7 Å². The molecule has 168 valence electrons. The van der Waals surface area contributed by atoms with Gasteiger partial charge in [0.2, 0.25) is 11.8 Å². The number of carbonyl (C=O) groups is 3. The number of carbonyl (C=O) groups excluding carboxylic acids is 3. The Hall–Kier alpha value is -3.33. The number of piperidine rings is 1. The fourth-order valence-corrected chi connectivity index (χ4v) is 4.15. The summed E-state index contributed by atoms with van der Waals surface area (Å²) in [4.78, 5) is 47.2. The van der Waals surface area contributed by atoms with Crippen LogP contribution in [0.1, 0.15) is 48.4 Å². The molecule has 1 fully saturated rings. The third kappa shape index (κ3) is 4.34. The molecule has 3 N–H and O–H groups in total. The molecule has 2 aliphatic rings. The molecule has 2 unspecified atom stereocenters. The lowest BCUT2D eigenvalue weighted by Gasteiger charge is -2.29. The van der Waals surface area contributed by atoms with Crippen LogP contribution in [0.4, 0.5) is 11.5 Å². The molecule has 0 aliphatic carbocycles. The van der Waals surface area contributed by atoms with Crippen LogP contribution in [-0.2, 0) is 22.6 Å². The number of imide groups is 1. The third-order valence-corrected chi connectivity index (χ3v) is 6.17. The second-order valence-electron chi connectivity index (χ2n) is 8.61.